The van der Waals surface area contributed by atoms with E-state index in [1.165, 1.54) is 6.07 Å². The van der Waals surface area contributed by atoms with Crippen molar-refractivity contribution in [3.8, 4) is 0 Å². The van der Waals surface area contributed by atoms with Crippen molar-refractivity contribution in [3.63, 3.8) is 0 Å². The van der Waals surface area contributed by atoms with Gasteiger partial charge in [0.15, 0.2) is 5.71 Å². The average molecular weight is 590 g/mol. The van der Waals surface area contributed by atoms with Crippen LogP contribution in [0.1, 0.15) is 38.8 Å². The molecule has 1 aliphatic carbocycles. The summed E-state index contributed by atoms with van der Waals surface area (Å²) in [7, 11) is -10.1. The second-order valence-corrected chi connectivity index (χ2v) is 11.1. The Bertz CT molecular complexity index is 1480. The van der Waals surface area contributed by atoms with Crippen LogP contribution in [0.2, 0.25) is 0 Å². The third-order valence-corrected chi connectivity index (χ3v) is 8.06. The first kappa shape index (κ1) is 36.0. The third-order valence-electron chi connectivity index (χ3n) is 6.35. The molecule has 1 aliphatic rings. The van der Waals surface area contributed by atoms with Gasteiger partial charge in [-0.05, 0) is 80.8 Å². The topological polar surface area (TPSA) is 121 Å². The molecule has 0 aliphatic heterocycles. The van der Waals surface area contributed by atoms with Crippen molar-refractivity contribution in [1.29, 1.82) is 0 Å². The summed E-state index contributed by atoms with van der Waals surface area (Å²) in [6.07, 6.45) is 7.49. The van der Waals surface area contributed by atoms with Crippen molar-refractivity contribution in [2.75, 3.05) is 31.1 Å². The molecule has 0 heterocycles. The van der Waals surface area contributed by atoms with Gasteiger partial charge in [0, 0.05) is 36.5 Å². The Kier molecular flexibility index (Phi) is 14.1. The van der Waals surface area contributed by atoms with Crippen LogP contribution in [0.15, 0.2) is 82.1 Å². The predicted octanol–water partition coefficient (Wildman–Crippen LogP) is -2.23. The zero-order valence-corrected chi connectivity index (χ0v) is 29.0. The minimum absolute atomic E-state index is 0. The molecule has 8 nitrogen and oxygen atoms in total. The Hall–Kier alpha value is -1.05. The van der Waals surface area contributed by atoms with E-state index in [1.54, 1.807) is 0 Å². The number of rotatable bonds is 9. The predicted molar refractivity (Wildman–Crippen MR) is 143 cm³/mol. The van der Waals surface area contributed by atoms with E-state index >= 15 is 0 Å². The fourth-order valence-corrected chi connectivity index (χ4v) is 5.69. The molecule has 0 saturated carbocycles. The fraction of sp³-hybridized carbons (Fsp3) is 0.296. The van der Waals surface area contributed by atoms with Crippen molar-refractivity contribution in [1.82, 2.24) is 0 Å². The maximum absolute atomic E-state index is 12.3. The fourth-order valence-electron chi connectivity index (χ4n) is 4.40. The van der Waals surface area contributed by atoms with Gasteiger partial charge >= 0.3 is 59.1 Å². The molecule has 12 heteroatoms. The number of allylic oxidation sites excluding steroid dienone is 5. The van der Waals surface area contributed by atoms with Gasteiger partial charge in [0.25, 0.3) is 0 Å². The van der Waals surface area contributed by atoms with Crippen LogP contribution < -0.4 is 64.0 Å². The zero-order valence-electron chi connectivity index (χ0n) is 23.3. The minimum atomic E-state index is -5.13. The first-order valence-corrected chi connectivity index (χ1v) is 14.9. The molecule has 0 aromatic heterocycles. The van der Waals surface area contributed by atoms with Gasteiger partial charge in [0.05, 0.1) is 9.79 Å². The molecule has 3 rings (SSSR count). The number of hydrogen-bond acceptors (Lipinski definition) is 7. The summed E-state index contributed by atoms with van der Waals surface area (Å²) >= 11 is 0. The van der Waals surface area contributed by atoms with Crippen LogP contribution in [0.25, 0.3) is 5.57 Å². The molecule has 0 fully saturated rings. The van der Waals surface area contributed by atoms with E-state index in [-0.39, 0.29) is 64.7 Å². The summed E-state index contributed by atoms with van der Waals surface area (Å²) in [4.78, 5) is 0.614. The molecule has 0 amide bonds. The Morgan fingerprint density at radius 1 is 0.769 bits per heavy atom. The van der Waals surface area contributed by atoms with Crippen molar-refractivity contribution < 1.29 is 89.6 Å². The van der Waals surface area contributed by atoms with Crippen LogP contribution in [0.3, 0.4) is 0 Å². The molecule has 39 heavy (non-hydrogen) atoms. The molecule has 0 unspecified atom stereocenters. The molecule has 198 valence electrons. The van der Waals surface area contributed by atoms with E-state index in [2.05, 4.69) is 9.48 Å². The third kappa shape index (κ3) is 8.72. The summed E-state index contributed by atoms with van der Waals surface area (Å²) in [5.74, 6) is 0. The van der Waals surface area contributed by atoms with E-state index in [1.807, 2.05) is 76.3 Å². The summed E-state index contributed by atoms with van der Waals surface area (Å²) in [5.41, 5.74) is 3.68. The molecule has 0 radical (unpaired) electrons. The maximum atomic E-state index is 12.3. The van der Waals surface area contributed by atoms with Crippen LogP contribution in [0, 0.1) is 0 Å². The van der Waals surface area contributed by atoms with E-state index in [0.29, 0.717) is 22.8 Å². The van der Waals surface area contributed by atoms with Gasteiger partial charge in [-0.15, -0.1) is 0 Å². The first-order valence-electron chi connectivity index (χ1n) is 12.1. The van der Waals surface area contributed by atoms with E-state index in [4.69, 9.17) is 0 Å². The standard InChI is InChI=1S/C27H32N2O6S2.2Na/c1-5-28(6-2)22-13-9-20(10-14-22)27(21-11-15-23(16-12-21)29(7-3)8-4)25-18-17-24(36(30,31)32)19-26(25)37(33,34)35;;/h9-19H,5-8H2,1-4H3,(H-,30,31,32,33,34,35);;/q;2*+1/p-1. The molecule has 2 aromatic rings. The smallest absolute Gasteiger partial charge is 0.744 e. The molecular formula is C27H31N2Na2O6S2+. The molecule has 2 aromatic carbocycles. The van der Waals surface area contributed by atoms with Gasteiger partial charge in [-0.1, -0.05) is 18.2 Å². The van der Waals surface area contributed by atoms with Crippen molar-refractivity contribution >= 4 is 37.2 Å². The summed E-state index contributed by atoms with van der Waals surface area (Å²) in [5, 5.41) is 0. The zero-order chi connectivity index (χ0) is 27.4. The van der Waals surface area contributed by atoms with Crippen LogP contribution in [-0.4, -0.2) is 62.4 Å². The summed E-state index contributed by atoms with van der Waals surface area (Å²) in [6, 6.07) is 10.4. The average Bonchev–Trinajstić information content (AvgIpc) is 2.86. The summed E-state index contributed by atoms with van der Waals surface area (Å²) < 4.78 is 73.7. The van der Waals surface area contributed by atoms with E-state index in [0.717, 1.165) is 43.6 Å². The molecule has 0 saturated heterocycles. The van der Waals surface area contributed by atoms with Gasteiger partial charge in [-0.2, -0.15) is 0 Å². The SMILES string of the molecule is CCN(CC)c1ccc(C(=C2C=CC(=[N+](CC)CC)C=C2)c2ccc(S(=O)(=O)[O-])cc2S(=O)(=O)[O-])cc1.[Na+].[Na+]. The second-order valence-electron chi connectivity index (χ2n) is 8.38. The quantitative estimate of drug-likeness (QED) is 0.185. The van der Waals surface area contributed by atoms with Crippen LogP contribution in [0.5, 0.6) is 0 Å². The van der Waals surface area contributed by atoms with Gasteiger partial charge < -0.3 is 14.0 Å². The van der Waals surface area contributed by atoms with E-state index < -0.39 is 30.0 Å². The van der Waals surface area contributed by atoms with Crippen LogP contribution >= 0.6 is 0 Å². The Morgan fingerprint density at radius 3 is 1.74 bits per heavy atom. The molecular weight excluding hydrogens is 558 g/mol. The normalized spacial score (nSPS) is 13.0. The molecule has 0 bridgehead atoms. The van der Waals surface area contributed by atoms with Gasteiger partial charge in [-0.3, -0.25) is 0 Å². The summed E-state index contributed by atoms with van der Waals surface area (Å²) in [6.45, 7) is 11.4. The Balaban J connectivity index is 0.00000380. The van der Waals surface area contributed by atoms with E-state index in [9.17, 15) is 25.9 Å². The Morgan fingerprint density at radius 2 is 1.31 bits per heavy atom. The van der Waals surface area contributed by atoms with Gasteiger partial charge in [0.1, 0.15) is 33.3 Å². The number of nitrogens with zero attached hydrogens (tertiary/aromatic N) is 2. The number of anilines is 1. The van der Waals surface area contributed by atoms with Crippen molar-refractivity contribution in [2.45, 2.75) is 37.5 Å². The monoisotopic (exact) mass is 589 g/mol. The Labute approximate surface area is 276 Å². The van der Waals surface area contributed by atoms with Crippen molar-refractivity contribution in [2.24, 2.45) is 0 Å². The molecule has 0 N–H and O–H groups in total. The largest absolute Gasteiger partial charge is 1.00 e. The second kappa shape index (κ2) is 15.3. The van der Waals surface area contributed by atoms with Gasteiger partial charge in [-0.25, -0.2) is 21.4 Å². The number of benzene rings is 2. The van der Waals surface area contributed by atoms with Gasteiger partial charge in [0.2, 0.25) is 0 Å². The number of hydrogen-bond donors (Lipinski definition) is 0. The minimum Gasteiger partial charge on any atom is -0.744 e. The van der Waals surface area contributed by atoms with Crippen LogP contribution in [0.4, 0.5) is 5.69 Å². The van der Waals surface area contributed by atoms with Crippen molar-refractivity contribution in [3.05, 3.63) is 83.5 Å². The van der Waals surface area contributed by atoms with Crippen LogP contribution in [-0.2, 0) is 20.2 Å². The molecule has 0 atom stereocenters. The molecule has 0 spiro atoms. The maximum Gasteiger partial charge on any atom is 1.00 e. The first-order chi connectivity index (χ1) is 17.4.